The van der Waals surface area contributed by atoms with Crippen LogP contribution in [0.3, 0.4) is 0 Å². The predicted octanol–water partition coefficient (Wildman–Crippen LogP) is 5.23. The Morgan fingerprint density at radius 2 is 1.84 bits per heavy atom. The lowest BCUT2D eigenvalue weighted by Gasteiger charge is -2.30. The lowest BCUT2D eigenvalue weighted by molar-refractivity contribution is 0.0542. The average Bonchev–Trinajstić information content (AvgIpc) is 2.87. The van der Waals surface area contributed by atoms with Gasteiger partial charge in [0.25, 0.3) is 0 Å². The van der Waals surface area contributed by atoms with E-state index in [0.717, 1.165) is 60.1 Å². The SMILES string of the molecule is C=C(CSc1nc(-c2ccccc2)cc(-c2ccc(OC)cc2)c1C#N)N1CCOCC1. The number of thioether (sulfide) groups is 1. The van der Waals surface area contributed by atoms with E-state index in [1.807, 2.05) is 60.7 Å². The maximum Gasteiger partial charge on any atom is 0.118 e. The minimum absolute atomic E-state index is 0.578. The summed E-state index contributed by atoms with van der Waals surface area (Å²) in [6, 6.07) is 22.2. The molecule has 0 amide bonds. The molecule has 0 spiro atoms. The van der Waals surface area contributed by atoms with Gasteiger partial charge in [0, 0.05) is 35.7 Å². The summed E-state index contributed by atoms with van der Waals surface area (Å²) in [6.45, 7) is 7.38. The van der Waals surface area contributed by atoms with Gasteiger partial charge in [0.15, 0.2) is 0 Å². The van der Waals surface area contributed by atoms with Gasteiger partial charge in [-0.3, -0.25) is 0 Å². The van der Waals surface area contributed by atoms with Crippen LogP contribution in [0.4, 0.5) is 0 Å². The Bertz CT molecular complexity index is 1120. The first-order valence-electron chi connectivity index (χ1n) is 10.5. The minimum Gasteiger partial charge on any atom is -0.497 e. The summed E-state index contributed by atoms with van der Waals surface area (Å²) in [7, 11) is 1.64. The number of benzene rings is 2. The lowest BCUT2D eigenvalue weighted by atomic mass is 9.99. The summed E-state index contributed by atoms with van der Waals surface area (Å²) in [5.41, 5.74) is 5.28. The molecule has 1 aliphatic rings. The molecule has 5 nitrogen and oxygen atoms in total. The summed E-state index contributed by atoms with van der Waals surface area (Å²) >= 11 is 1.56. The molecule has 0 atom stereocenters. The van der Waals surface area contributed by atoms with Crippen LogP contribution in [0.25, 0.3) is 22.4 Å². The molecule has 2 aromatic carbocycles. The van der Waals surface area contributed by atoms with Gasteiger partial charge in [-0.2, -0.15) is 5.26 Å². The second-order valence-electron chi connectivity index (χ2n) is 7.40. The highest BCUT2D eigenvalue weighted by molar-refractivity contribution is 7.99. The quantitative estimate of drug-likeness (QED) is 0.466. The fraction of sp³-hybridized carbons (Fsp3) is 0.231. The zero-order chi connectivity index (χ0) is 22.3. The van der Waals surface area contributed by atoms with Crippen molar-refractivity contribution in [1.82, 2.24) is 9.88 Å². The van der Waals surface area contributed by atoms with Crippen LogP contribution in [0.15, 0.2) is 78.0 Å². The molecule has 1 fully saturated rings. The Morgan fingerprint density at radius 3 is 2.50 bits per heavy atom. The maximum atomic E-state index is 10.1. The normalized spacial score (nSPS) is 13.4. The Labute approximate surface area is 193 Å². The third-order valence-corrected chi connectivity index (χ3v) is 6.45. The fourth-order valence-electron chi connectivity index (χ4n) is 3.61. The van der Waals surface area contributed by atoms with E-state index in [0.29, 0.717) is 16.3 Å². The van der Waals surface area contributed by atoms with Crippen LogP contribution in [0.1, 0.15) is 5.56 Å². The van der Waals surface area contributed by atoms with Crippen molar-refractivity contribution in [3.63, 3.8) is 0 Å². The van der Waals surface area contributed by atoms with E-state index in [1.54, 1.807) is 18.9 Å². The topological polar surface area (TPSA) is 58.4 Å². The number of nitrogens with zero attached hydrogens (tertiary/aromatic N) is 3. The molecule has 162 valence electrons. The number of hydrogen-bond donors (Lipinski definition) is 0. The molecule has 2 heterocycles. The van der Waals surface area contributed by atoms with E-state index in [4.69, 9.17) is 14.5 Å². The molecule has 6 heteroatoms. The minimum atomic E-state index is 0.578. The standard InChI is InChI=1S/C26H25N3O2S/c1-19(29-12-14-31-15-13-29)18-32-26-24(17-27)23(20-8-10-22(30-2)11-9-20)16-25(28-26)21-6-4-3-5-7-21/h3-11,16H,1,12-15,18H2,2H3. The summed E-state index contributed by atoms with van der Waals surface area (Å²) in [5.74, 6) is 1.45. The zero-order valence-electron chi connectivity index (χ0n) is 18.1. The Morgan fingerprint density at radius 1 is 1.12 bits per heavy atom. The van der Waals surface area contributed by atoms with Crippen molar-refractivity contribution in [3.8, 4) is 34.2 Å². The Hall–Kier alpha value is -3.27. The number of hydrogen-bond acceptors (Lipinski definition) is 6. The third kappa shape index (κ3) is 4.96. The monoisotopic (exact) mass is 443 g/mol. The first-order valence-corrected chi connectivity index (χ1v) is 11.5. The van der Waals surface area contributed by atoms with E-state index < -0.39 is 0 Å². The first-order chi connectivity index (χ1) is 15.7. The molecule has 1 aliphatic heterocycles. The smallest absolute Gasteiger partial charge is 0.118 e. The van der Waals surface area contributed by atoms with E-state index in [2.05, 4.69) is 17.5 Å². The summed E-state index contributed by atoms with van der Waals surface area (Å²) in [6.07, 6.45) is 0. The number of methoxy groups -OCH3 is 1. The molecule has 0 unspecified atom stereocenters. The van der Waals surface area contributed by atoms with Gasteiger partial charge in [-0.25, -0.2) is 4.98 Å². The summed E-state index contributed by atoms with van der Waals surface area (Å²) in [5, 5.41) is 10.8. The molecular weight excluding hydrogens is 418 g/mol. The van der Waals surface area contributed by atoms with Crippen molar-refractivity contribution in [2.45, 2.75) is 5.03 Å². The zero-order valence-corrected chi connectivity index (χ0v) is 18.9. The van der Waals surface area contributed by atoms with Gasteiger partial charge in [0.1, 0.15) is 16.8 Å². The Kier molecular flexibility index (Phi) is 7.10. The molecule has 32 heavy (non-hydrogen) atoms. The molecule has 0 aliphatic carbocycles. The maximum absolute atomic E-state index is 10.1. The molecule has 0 saturated carbocycles. The predicted molar refractivity (Wildman–Crippen MR) is 129 cm³/mol. The molecule has 0 bridgehead atoms. The first kappa shape index (κ1) is 21.9. The molecule has 0 radical (unpaired) electrons. The van der Waals surface area contributed by atoms with Gasteiger partial charge in [-0.1, -0.05) is 60.8 Å². The highest BCUT2D eigenvalue weighted by atomic mass is 32.2. The van der Waals surface area contributed by atoms with E-state index >= 15 is 0 Å². The van der Waals surface area contributed by atoms with Crippen LogP contribution < -0.4 is 4.74 Å². The van der Waals surface area contributed by atoms with Crippen LogP contribution in [0.2, 0.25) is 0 Å². The third-order valence-electron chi connectivity index (χ3n) is 5.40. The molecule has 4 rings (SSSR count). The lowest BCUT2D eigenvalue weighted by Crippen LogP contribution is -2.35. The number of rotatable bonds is 7. The van der Waals surface area contributed by atoms with E-state index in [9.17, 15) is 5.26 Å². The number of ether oxygens (including phenoxy) is 2. The van der Waals surface area contributed by atoms with Gasteiger partial charge in [-0.15, -0.1) is 0 Å². The summed E-state index contributed by atoms with van der Waals surface area (Å²) < 4.78 is 10.7. The molecular formula is C26H25N3O2S. The largest absolute Gasteiger partial charge is 0.497 e. The Balaban J connectivity index is 1.71. The highest BCUT2D eigenvalue weighted by Crippen LogP contribution is 2.35. The number of aromatic nitrogens is 1. The van der Waals surface area contributed by atoms with Gasteiger partial charge in [0.05, 0.1) is 31.6 Å². The van der Waals surface area contributed by atoms with Crippen LogP contribution in [-0.4, -0.2) is 49.0 Å². The molecule has 0 N–H and O–H groups in total. The van der Waals surface area contributed by atoms with Crippen molar-refractivity contribution in [3.05, 3.63) is 78.5 Å². The van der Waals surface area contributed by atoms with Crippen molar-refractivity contribution in [2.24, 2.45) is 0 Å². The molecule has 1 saturated heterocycles. The van der Waals surface area contributed by atoms with Crippen molar-refractivity contribution < 1.29 is 9.47 Å². The number of morpholine rings is 1. The highest BCUT2D eigenvalue weighted by Gasteiger charge is 2.18. The van der Waals surface area contributed by atoms with Crippen molar-refractivity contribution in [2.75, 3.05) is 39.2 Å². The van der Waals surface area contributed by atoms with Gasteiger partial charge in [-0.05, 0) is 23.8 Å². The second-order valence-corrected chi connectivity index (χ2v) is 8.36. The van der Waals surface area contributed by atoms with Gasteiger partial charge >= 0.3 is 0 Å². The fourth-order valence-corrected chi connectivity index (χ4v) is 4.56. The number of nitriles is 1. The van der Waals surface area contributed by atoms with Crippen molar-refractivity contribution in [1.29, 1.82) is 5.26 Å². The molecule has 3 aromatic rings. The second kappa shape index (κ2) is 10.4. The van der Waals surface area contributed by atoms with Crippen LogP contribution >= 0.6 is 11.8 Å². The van der Waals surface area contributed by atoms with E-state index in [1.165, 1.54) is 0 Å². The number of pyridine rings is 1. The van der Waals surface area contributed by atoms with Crippen LogP contribution in [0.5, 0.6) is 5.75 Å². The summed E-state index contributed by atoms with van der Waals surface area (Å²) in [4.78, 5) is 7.13. The van der Waals surface area contributed by atoms with Crippen molar-refractivity contribution >= 4 is 11.8 Å². The van der Waals surface area contributed by atoms with Crippen LogP contribution in [-0.2, 0) is 4.74 Å². The van der Waals surface area contributed by atoms with Gasteiger partial charge in [0.2, 0.25) is 0 Å². The molecule has 1 aromatic heterocycles. The van der Waals surface area contributed by atoms with Crippen LogP contribution in [0, 0.1) is 11.3 Å². The average molecular weight is 444 g/mol. The van der Waals surface area contributed by atoms with E-state index in [-0.39, 0.29) is 0 Å². The van der Waals surface area contributed by atoms with Gasteiger partial charge < -0.3 is 14.4 Å².